The Bertz CT molecular complexity index is 1700. The SMILES string of the molecule is CC(C)CCn1c(SCC(=O)OCc2cc(=O)n3c(n2)sc2ccccc23)nc2ccccc2c1=O. The van der Waals surface area contributed by atoms with Crippen LogP contribution in [0.4, 0.5) is 0 Å². The van der Waals surface area contributed by atoms with Crippen LogP contribution in [0, 0.1) is 5.92 Å². The van der Waals surface area contributed by atoms with Crippen molar-refractivity contribution in [2.45, 2.75) is 38.6 Å². The molecule has 0 amide bonds. The molecule has 0 bridgehead atoms. The summed E-state index contributed by atoms with van der Waals surface area (Å²) in [6.07, 6.45) is 0.819. The van der Waals surface area contributed by atoms with E-state index in [1.807, 2.05) is 36.4 Å². The van der Waals surface area contributed by atoms with Crippen molar-refractivity contribution in [1.29, 1.82) is 0 Å². The van der Waals surface area contributed by atoms with Gasteiger partial charge in [-0.2, -0.15) is 0 Å². The van der Waals surface area contributed by atoms with Crippen LogP contribution in [-0.4, -0.2) is 30.7 Å². The maximum atomic E-state index is 13.1. The fraction of sp³-hybridized carbons (Fsp3) is 0.269. The molecule has 0 unspecified atom stereocenters. The summed E-state index contributed by atoms with van der Waals surface area (Å²) in [5.74, 6) is -0.0754. The van der Waals surface area contributed by atoms with Crippen molar-refractivity contribution in [3.63, 3.8) is 0 Å². The van der Waals surface area contributed by atoms with E-state index in [1.165, 1.54) is 29.2 Å². The molecule has 0 fully saturated rings. The smallest absolute Gasteiger partial charge is 0.316 e. The molecule has 0 aliphatic heterocycles. The minimum atomic E-state index is -0.476. The lowest BCUT2D eigenvalue weighted by Crippen LogP contribution is -2.24. The molecule has 0 radical (unpaired) electrons. The molecular formula is C26H24N4O4S2. The lowest BCUT2D eigenvalue weighted by atomic mass is 10.1. The number of esters is 1. The minimum absolute atomic E-state index is 0.0173. The van der Waals surface area contributed by atoms with Crippen molar-refractivity contribution in [2.75, 3.05) is 5.75 Å². The van der Waals surface area contributed by atoms with Crippen molar-refractivity contribution in [3.05, 3.63) is 81.0 Å². The number of hydrogen-bond donors (Lipinski definition) is 0. The number of nitrogens with zero attached hydrogens (tertiary/aromatic N) is 4. The normalized spacial score (nSPS) is 11.6. The highest BCUT2D eigenvalue weighted by atomic mass is 32.2. The Hall–Kier alpha value is -3.50. The topological polar surface area (TPSA) is 95.6 Å². The molecule has 0 saturated heterocycles. The number of hydrogen-bond acceptors (Lipinski definition) is 8. The Balaban J connectivity index is 1.31. The van der Waals surface area contributed by atoms with E-state index in [-0.39, 0.29) is 23.5 Å². The predicted molar refractivity (Wildman–Crippen MR) is 143 cm³/mol. The van der Waals surface area contributed by atoms with Crippen molar-refractivity contribution < 1.29 is 9.53 Å². The van der Waals surface area contributed by atoms with Crippen LogP contribution in [0.1, 0.15) is 26.0 Å². The summed E-state index contributed by atoms with van der Waals surface area (Å²) >= 11 is 2.58. The van der Waals surface area contributed by atoms with Gasteiger partial charge in [-0.15, -0.1) is 0 Å². The molecule has 0 atom stereocenters. The molecular weight excluding hydrogens is 496 g/mol. The number of para-hydroxylation sites is 2. The van der Waals surface area contributed by atoms with Crippen LogP contribution in [0.5, 0.6) is 0 Å². The molecule has 0 aliphatic carbocycles. The first-order valence-electron chi connectivity index (χ1n) is 11.6. The molecule has 8 nitrogen and oxygen atoms in total. The van der Waals surface area contributed by atoms with E-state index in [9.17, 15) is 14.4 Å². The van der Waals surface area contributed by atoms with Gasteiger partial charge in [0.15, 0.2) is 10.1 Å². The van der Waals surface area contributed by atoms with Gasteiger partial charge in [0.2, 0.25) is 0 Å². The average molecular weight is 521 g/mol. The Kier molecular flexibility index (Phi) is 6.88. The summed E-state index contributed by atoms with van der Waals surface area (Å²) in [7, 11) is 0. The second-order valence-electron chi connectivity index (χ2n) is 8.77. The minimum Gasteiger partial charge on any atom is -0.459 e. The number of thioether (sulfide) groups is 1. The third-order valence-corrected chi connectivity index (χ3v) is 7.68. The van der Waals surface area contributed by atoms with Gasteiger partial charge in [-0.3, -0.25) is 23.4 Å². The monoisotopic (exact) mass is 520 g/mol. The van der Waals surface area contributed by atoms with Gasteiger partial charge >= 0.3 is 5.97 Å². The van der Waals surface area contributed by atoms with Gasteiger partial charge in [0.05, 0.1) is 32.6 Å². The fourth-order valence-corrected chi connectivity index (χ4v) is 5.73. The van der Waals surface area contributed by atoms with Gasteiger partial charge in [-0.05, 0) is 36.6 Å². The first-order valence-corrected chi connectivity index (χ1v) is 13.4. The largest absolute Gasteiger partial charge is 0.459 e. The average Bonchev–Trinajstić information content (AvgIpc) is 3.24. The highest BCUT2D eigenvalue weighted by molar-refractivity contribution is 7.99. The standard InChI is InChI=1S/C26H24N4O4S2/c1-16(2)11-12-29-24(33)18-7-3-4-8-19(18)28-25(29)35-15-23(32)34-14-17-13-22(31)30-20-9-5-6-10-21(20)36-26(30)27-17/h3-10,13,16H,11-12,14-15H2,1-2H3. The summed E-state index contributed by atoms with van der Waals surface area (Å²) < 4.78 is 9.56. The summed E-state index contributed by atoms with van der Waals surface area (Å²) in [5, 5.41) is 1.04. The zero-order valence-corrected chi connectivity index (χ0v) is 21.5. The molecule has 10 heteroatoms. The summed E-state index contributed by atoms with van der Waals surface area (Å²) in [6, 6.07) is 16.2. The van der Waals surface area contributed by atoms with E-state index < -0.39 is 5.97 Å². The molecule has 0 aliphatic rings. The molecule has 0 N–H and O–H groups in total. The fourth-order valence-electron chi connectivity index (χ4n) is 3.86. The Morgan fingerprint density at radius 1 is 1.08 bits per heavy atom. The van der Waals surface area contributed by atoms with E-state index in [2.05, 4.69) is 23.8 Å². The number of aromatic nitrogens is 4. The molecule has 184 valence electrons. The zero-order valence-electron chi connectivity index (χ0n) is 19.8. The Labute approximate surface area is 214 Å². The van der Waals surface area contributed by atoms with Gasteiger partial charge in [0, 0.05) is 12.6 Å². The Morgan fingerprint density at radius 2 is 1.86 bits per heavy atom. The van der Waals surface area contributed by atoms with Gasteiger partial charge in [0.25, 0.3) is 11.1 Å². The zero-order chi connectivity index (χ0) is 25.2. The number of benzene rings is 2. The van der Waals surface area contributed by atoms with Crippen molar-refractivity contribution in [2.24, 2.45) is 5.92 Å². The second kappa shape index (κ2) is 10.2. The number of carbonyl (C=O) groups excluding carboxylic acids is 1. The molecule has 0 saturated carbocycles. The van der Waals surface area contributed by atoms with Crippen LogP contribution >= 0.6 is 23.1 Å². The number of fused-ring (bicyclic) bond motifs is 4. The third kappa shape index (κ3) is 4.91. The summed E-state index contributed by atoms with van der Waals surface area (Å²) in [4.78, 5) is 48.0. The van der Waals surface area contributed by atoms with Crippen LogP contribution in [0.3, 0.4) is 0 Å². The van der Waals surface area contributed by atoms with Gasteiger partial charge in [0.1, 0.15) is 6.61 Å². The van der Waals surface area contributed by atoms with E-state index >= 15 is 0 Å². The lowest BCUT2D eigenvalue weighted by Gasteiger charge is -2.14. The van der Waals surface area contributed by atoms with Gasteiger partial charge in [-0.1, -0.05) is 61.2 Å². The number of carbonyl (C=O) groups is 1. The van der Waals surface area contributed by atoms with Crippen molar-refractivity contribution in [1.82, 2.24) is 18.9 Å². The second-order valence-corrected chi connectivity index (χ2v) is 10.7. The molecule has 36 heavy (non-hydrogen) atoms. The van der Waals surface area contributed by atoms with Crippen molar-refractivity contribution in [3.8, 4) is 0 Å². The molecule has 3 aromatic heterocycles. The maximum Gasteiger partial charge on any atom is 0.316 e. The Morgan fingerprint density at radius 3 is 2.69 bits per heavy atom. The lowest BCUT2D eigenvalue weighted by molar-refractivity contribution is -0.141. The van der Waals surface area contributed by atoms with Crippen LogP contribution in [0.25, 0.3) is 26.1 Å². The quantitative estimate of drug-likeness (QED) is 0.169. The molecule has 5 rings (SSSR count). The molecule has 3 heterocycles. The molecule has 5 aromatic rings. The first kappa shape index (κ1) is 24.2. The summed E-state index contributed by atoms with van der Waals surface area (Å²) in [6.45, 7) is 4.61. The van der Waals surface area contributed by atoms with Crippen molar-refractivity contribution >= 4 is 55.1 Å². The van der Waals surface area contributed by atoms with Gasteiger partial charge < -0.3 is 4.74 Å². The van der Waals surface area contributed by atoms with Crippen LogP contribution in [0.2, 0.25) is 0 Å². The number of thiazole rings is 1. The van der Waals surface area contributed by atoms with Crippen LogP contribution < -0.4 is 11.1 Å². The van der Waals surface area contributed by atoms with E-state index in [4.69, 9.17) is 4.74 Å². The van der Waals surface area contributed by atoms with E-state index in [1.54, 1.807) is 21.1 Å². The van der Waals surface area contributed by atoms with Gasteiger partial charge in [-0.25, -0.2) is 9.97 Å². The number of ether oxygens (including phenoxy) is 1. The molecule has 0 spiro atoms. The highest BCUT2D eigenvalue weighted by Crippen LogP contribution is 2.24. The van der Waals surface area contributed by atoms with Crippen LogP contribution in [-0.2, 0) is 22.7 Å². The maximum absolute atomic E-state index is 13.1. The van der Waals surface area contributed by atoms with E-state index in [0.717, 1.165) is 16.6 Å². The molecule has 2 aromatic carbocycles. The van der Waals surface area contributed by atoms with E-state index in [0.29, 0.717) is 39.2 Å². The highest BCUT2D eigenvalue weighted by Gasteiger charge is 2.15. The first-order chi connectivity index (χ1) is 17.4. The summed E-state index contributed by atoms with van der Waals surface area (Å²) in [5.41, 5.74) is 1.47. The predicted octanol–water partition coefficient (Wildman–Crippen LogP) is 4.50. The number of rotatable bonds is 8. The van der Waals surface area contributed by atoms with Crippen LogP contribution in [0.15, 0.2) is 69.3 Å². The third-order valence-electron chi connectivity index (χ3n) is 5.71.